The van der Waals surface area contributed by atoms with Crippen molar-refractivity contribution in [1.29, 1.82) is 0 Å². The lowest BCUT2D eigenvalue weighted by atomic mass is 9.99. The van der Waals surface area contributed by atoms with E-state index in [4.69, 9.17) is 29.1 Å². The second-order valence-electron chi connectivity index (χ2n) is 6.16. The number of hydrogen-bond acceptors (Lipinski definition) is 12. The average Bonchev–Trinajstić information content (AvgIpc) is 2.85. The Kier molecular flexibility index (Phi) is 9.65. The fourth-order valence-corrected chi connectivity index (χ4v) is 3.13. The molecule has 0 aromatic carbocycles. The van der Waals surface area contributed by atoms with E-state index < -0.39 is 82.4 Å². The summed E-state index contributed by atoms with van der Waals surface area (Å²) in [6, 6.07) is 0. The molecule has 0 spiro atoms. The van der Waals surface area contributed by atoms with Crippen LogP contribution in [0.1, 0.15) is 0 Å². The maximum atomic E-state index is 10.8. The molecule has 2 heterocycles. The van der Waals surface area contributed by atoms with E-state index in [0.29, 0.717) is 0 Å². The van der Waals surface area contributed by atoms with Crippen molar-refractivity contribution in [2.45, 2.75) is 54.8 Å². The summed E-state index contributed by atoms with van der Waals surface area (Å²) in [5.74, 6) is -2.35. The molecule has 0 saturated carbocycles. The normalized spacial score (nSPS) is 44.3. The highest BCUT2D eigenvalue weighted by molar-refractivity contribution is 7.46. The molecule has 164 valence electrons. The van der Waals surface area contributed by atoms with Crippen LogP contribution in [0.15, 0.2) is 0 Å². The average molecular weight is 449 g/mol. The number of phosphoric acid groups is 1. The Bertz CT molecular complexity index is 548. The molecule has 0 aliphatic carbocycles. The highest BCUT2D eigenvalue weighted by atomic mass is 31.2. The maximum Gasteiger partial charge on any atom is 0.469 e. The number of aliphatic hydroxyl groups excluding tert-OH is 7. The number of rotatable bonds is 7. The second-order valence-corrected chi connectivity index (χ2v) is 7.40. The molecule has 28 heavy (non-hydrogen) atoms. The van der Waals surface area contributed by atoms with Gasteiger partial charge in [-0.25, -0.2) is 4.57 Å². The van der Waals surface area contributed by atoms with Crippen LogP contribution in [0, 0.1) is 0 Å². The topological polar surface area (TPSA) is 236 Å². The van der Waals surface area contributed by atoms with E-state index >= 15 is 0 Å². The zero-order valence-corrected chi connectivity index (χ0v) is 14.6. The molecule has 2 saturated heterocycles. The molecule has 0 radical (unpaired) electrons. The molecule has 14 nitrogen and oxygen atoms in total. The first-order valence-corrected chi connectivity index (χ1v) is 9.32. The summed E-state index contributed by atoms with van der Waals surface area (Å²) < 4.78 is 30.4. The van der Waals surface area contributed by atoms with E-state index in [0.717, 1.165) is 0 Å². The highest BCUT2D eigenvalue weighted by Crippen LogP contribution is 2.38. The summed E-state index contributed by atoms with van der Waals surface area (Å²) in [4.78, 5) is 17.4. The monoisotopic (exact) mass is 448 g/mol. The molecule has 2 aliphatic rings. The Morgan fingerprint density at radius 3 is 2.00 bits per heavy atom. The molecule has 2 fully saturated rings. The van der Waals surface area contributed by atoms with Crippen LogP contribution in [0.25, 0.3) is 0 Å². The first-order chi connectivity index (χ1) is 12.5. The van der Waals surface area contributed by atoms with Gasteiger partial charge >= 0.3 is 30.9 Å². The van der Waals surface area contributed by atoms with E-state index in [9.17, 15) is 35.2 Å². The van der Waals surface area contributed by atoms with Crippen LogP contribution >= 0.6 is 7.82 Å². The first kappa shape index (κ1) is 26.5. The predicted molar refractivity (Wildman–Crippen MR) is 88.1 cm³/mol. The van der Waals surface area contributed by atoms with Crippen molar-refractivity contribution in [3.8, 4) is 0 Å². The Morgan fingerprint density at radius 2 is 1.54 bits per heavy atom. The van der Waals surface area contributed by atoms with Gasteiger partial charge in [-0.2, -0.15) is 0 Å². The standard InChI is InChI=1S/C12H23O14P.Mg.2H/c13-1-4-7(16)10(19)12(3-14,25-4)26-11-9(18)8(17)6(15)5(24-11)2-23-27(20,21)22;;;/h4-11,13-19H,1-3H2,(H2,20,21,22);;;/t4-,5-,6-,7-,8+,9-,10+,11-,12+;;;/m1.../s1. The second kappa shape index (κ2) is 10.2. The smallest absolute Gasteiger partial charge is 0.394 e. The molecule has 0 unspecified atom stereocenters. The van der Waals surface area contributed by atoms with Crippen molar-refractivity contribution in [2.24, 2.45) is 0 Å². The Labute approximate surface area is 174 Å². The largest absolute Gasteiger partial charge is 0.469 e. The number of hydrogen-bond donors (Lipinski definition) is 9. The van der Waals surface area contributed by atoms with Crippen LogP contribution in [0.5, 0.6) is 0 Å². The molecule has 0 bridgehead atoms. The van der Waals surface area contributed by atoms with Gasteiger partial charge in [0, 0.05) is 0 Å². The lowest BCUT2D eigenvalue weighted by Crippen LogP contribution is -2.62. The fraction of sp³-hybridized carbons (Fsp3) is 1.00. The van der Waals surface area contributed by atoms with Gasteiger partial charge in [-0.3, -0.25) is 4.52 Å². The van der Waals surface area contributed by atoms with Crippen molar-refractivity contribution < 1.29 is 68.8 Å². The minimum absolute atomic E-state index is 0. The third-order valence-corrected chi connectivity index (χ3v) is 4.78. The van der Waals surface area contributed by atoms with Gasteiger partial charge in [0.1, 0.15) is 49.3 Å². The number of aliphatic hydroxyl groups is 7. The summed E-state index contributed by atoms with van der Waals surface area (Å²) in [6.45, 7) is -2.69. The van der Waals surface area contributed by atoms with E-state index in [1.165, 1.54) is 0 Å². The van der Waals surface area contributed by atoms with Gasteiger partial charge in [-0.15, -0.1) is 0 Å². The van der Waals surface area contributed by atoms with Crippen molar-refractivity contribution in [1.82, 2.24) is 0 Å². The van der Waals surface area contributed by atoms with Gasteiger partial charge < -0.3 is 59.7 Å². The van der Waals surface area contributed by atoms with Gasteiger partial charge in [0.05, 0.1) is 13.2 Å². The Hall–Kier alpha value is 0.476. The third-order valence-electron chi connectivity index (χ3n) is 4.30. The number of ether oxygens (including phenoxy) is 3. The molecule has 16 heteroatoms. The zero-order valence-electron chi connectivity index (χ0n) is 13.8. The van der Waals surface area contributed by atoms with Crippen LogP contribution in [0.3, 0.4) is 0 Å². The molecule has 0 aromatic heterocycles. The minimum Gasteiger partial charge on any atom is -0.394 e. The van der Waals surface area contributed by atoms with Crippen molar-refractivity contribution in [2.75, 3.05) is 19.8 Å². The summed E-state index contributed by atoms with van der Waals surface area (Å²) in [6.07, 6.45) is -14.0. The van der Waals surface area contributed by atoms with Crippen molar-refractivity contribution >= 4 is 30.9 Å². The summed E-state index contributed by atoms with van der Waals surface area (Å²) in [5.41, 5.74) is 0. The Morgan fingerprint density at radius 1 is 0.929 bits per heavy atom. The van der Waals surface area contributed by atoms with Crippen LogP contribution in [0.2, 0.25) is 0 Å². The van der Waals surface area contributed by atoms with Gasteiger partial charge in [-0.05, 0) is 0 Å². The molecule has 2 rings (SSSR count). The third kappa shape index (κ3) is 5.58. The summed E-state index contributed by atoms with van der Waals surface area (Å²) >= 11 is 0. The zero-order chi connectivity index (χ0) is 20.6. The molecule has 0 amide bonds. The molecule has 9 N–H and O–H groups in total. The summed E-state index contributed by atoms with van der Waals surface area (Å²) in [7, 11) is -4.93. The van der Waals surface area contributed by atoms with Crippen LogP contribution < -0.4 is 0 Å². The van der Waals surface area contributed by atoms with E-state index in [2.05, 4.69) is 4.52 Å². The van der Waals surface area contributed by atoms with Gasteiger partial charge in [-0.1, -0.05) is 0 Å². The first-order valence-electron chi connectivity index (χ1n) is 7.79. The molecule has 9 atom stereocenters. The van der Waals surface area contributed by atoms with E-state index in [1.54, 1.807) is 0 Å². The maximum absolute atomic E-state index is 10.8. The number of phosphoric ester groups is 1. The molecule has 0 aromatic rings. The van der Waals surface area contributed by atoms with Crippen LogP contribution in [-0.4, -0.2) is 143 Å². The minimum atomic E-state index is -4.93. The van der Waals surface area contributed by atoms with Crippen LogP contribution in [-0.2, 0) is 23.3 Å². The van der Waals surface area contributed by atoms with Gasteiger partial charge in [0.2, 0.25) is 5.79 Å². The molecular weight excluding hydrogens is 423 g/mol. The quantitative estimate of drug-likeness (QED) is 0.130. The predicted octanol–water partition coefficient (Wildman–Crippen LogP) is -6.19. The van der Waals surface area contributed by atoms with Crippen molar-refractivity contribution in [3.63, 3.8) is 0 Å². The lowest BCUT2D eigenvalue weighted by Gasteiger charge is -2.43. The Balaban J connectivity index is 0.00000392. The van der Waals surface area contributed by atoms with Gasteiger partial charge in [0.25, 0.3) is 0 Å². The SMILES string of the molecule is O=P(O)(O)OC[C@H]1O[C@H](O[C@]2(CO)O[C@H](CO)[C@@H](O)[C@@H]2O)[C@H](O)[C@@H](O)[C@@H]1O.[MgH2]. The lowest BCUT2D eigenvalue weighted by molar-refractivity contribution is -0.383. The summed E-state index contributed by atoms with van der Waals surface area (Å²) in [5, 5.41) is 68.3. The van der Waals surface area contributed by atoms with Crippen LogP contribution in [0.4, 0.5) is 0 Å². The molecule has 2 aliphatic heterocycles. The fourth-order valence-electron chi connectivity index (χ4n) is 2.79. The van der Waals surface area contributed by atoms with E-state index in [-0.39, 0.29) is 23.1 Å². The van der Waals surface area contributed by atoms with Gasteiger partial charge in [0.15, 0.2) is 6.29 Å². The van der Waals surface area contributed by atoms with Crippen molar-refractivity contribution in [3.05, 3.63) is 0 Å². The van der Waals surface area contributed by atoms with E-state index in [1.807, 2.05) is 0 Å². The highest BCUT2D eigenvalue weighted by Gasteiger charge is 2.58. The molecular formula is C12H25MgO14P.